The highest BCUT2D eigenvalue weighted by atomic mass is 35.5. The second kappa shape index (κ2) is 13.4. The third-order valence-corrected chi connectivity index (χ3v) is 6.53. The summed E-state index contributed by atoms with van der Waals surface area (Å²) in [6.07, 6.45) is 0.726. The number of nitrogens with zero attached hydrogens (tertiary/aromatic N) is 2. The minimum atomic E-state index is -0.396. The SMILES string of the molecule is CCN1CC(=O)N[C@H]2CN(C(=O)CCN)CC[C@@H]2OCc2cccc(c2)Oc2cccc(c2)CC1=O.Cl. The molecule has 0 unspecified atom stereocenters. The summed E-state index contributed by atoms with van der Waals surface area (Å²) in [6, 6.07) is 14.7. The lowest BCUT2D eigenvalue weighted by Gasteiger charge is -2.39. The summed E-state index contributed by atoms with van der Waals surface area (Å²) in [7, 11) is 0. The van der Waals surface area contributed by atoms with Gasteiger partial charge in [-0.3, -0.25) is 14.4 Å². The Morgan fingerprint density at radius 1 is 1.11 bits per heavy atom. The predicted octanol–water partition coefficient (Wildman–Crippen LogP) is 2.26. The number of amides is 3. The normalized spacial score (nSPS) is 20.6. The van der Waals surface area contributed by atoms with Crippen LogP contribution in [0, 0.1) is 0 Å². The number of halogens is 1. The first-order valence-corrected chi connectivity index (χ1v) is 12.5. The van der Waals surface area contributed by atoms with Crippen molar-refractivity contribution in [2.24, 2.45) is 5.73 Å². The van der Waals surface area contributed by atoms with E-state index in [4.69, 9.17) is 15.2 Å². The van der Waals surface area contributed by atoms with E-state index in [9.17, 15) is 14.4 Å². The summed E-state index contributed by atoms with van der Waals surface area (Å²) in [5, 5.41) is 3.03. The maximum atomic E-state index is 13.0. The first-order valence-electron chi connectivity index (χ1n) is 12.5. The summed E-state index contributed by atoms with van der Waals surface area (Å²) in [5.74, 6) is 0.849. The number of fused-ring (bicyclic) bond motifs is 5. The van der Waals surface area contributed by atoms with Crippen LogP contribution in [-0.4, -0.2) is 72.4 Å². The molecule has 4 rings (SSSR count). The second-order valence-electron chi connectivity index (χ2n) is 9.17. The van der Waals surface area contributed by atoms with Gasteiger partial charge in [-0.05, 0) is 48.7 Å². The molecular formula is C27H35ClN4O5. The van der Waals surface area contributed by atoms with E-state index in [1.54, 1.807) is 4.90 Å². The van der Waals surface area contributed by atoms with E-state index in [1.807, 2.05) is 55.5 Å². The van der Waals surface area contributed by atoms with Crippen LogP contribution >= 0.6 is 12.4 Å². The van der Waals surface area contributed by atoms with Gasteiger partial charge in [0.1, 0.15) is 11.5 Å². The Bertz CT molecular complexity index is 1100. The number of rotatable bonds is 3. The molecule has 200 valence electrons. The number of piperidine rings is 1. The van der Waals surface area contributed by atoms with Crippen molar-refractivity contribution in [1.29, 1.82) is 0 Å². The molecular weight excluding hydrogens is 496 g/mol. The lowest BCUT2D eigenvalue weighted by atomic mass is 10.0. The fraction of sp³-hybridized carbons (Fsp3) is 0.444. The van der Waals surface area contributed by atoms with Gasteiger partial charge in [-0.15, -0.1) is 12.4 Å². The number of carbonyl (C=O) groups excluding carboxylic acids is 3. The Balaban J connectivity index is 0.00000380. The molecule has 0 aliphatic carbocycles. The van der Waals surface area contributed by atoms with Gasteiger partial charge >= 0.3 is 0 Å². The average Bonchev–Trinajstić information content (AvgIpc) is 2.86. The van der Waals surface area contributed by atoms with Crippen molar-refractivity contribution in [3.63, 3.8) is 0 Å². The van der Waals surface area contributed by atoms with Crippen molar-refractivity contribution < 1.29 is 23.9 Å². The van der Waals surface area contributed by atoms with E-state index in [2.05, 4.69) is 5.32 Å². The van der Waals surface area contributed by atoms with Crippen LogP contribution in [0.3, 0.4) is 0 Å². The zero-order valence-corrected chi connectivity index (χ0v) is 21.9. The van der Waals surface area contributed by atoms with Gasteiger partial charge in [0.05, 0.1) is 31.7 Å². The number of likely N-dealkylation sites (N-methyl/N-ethyl adjacent to an activating group) is 1. The topological polar surface area (TPSA) is 114 Å². The van der Waals surface area contributed by atoms with Gasteiger partial charge in [0.2, 0.25) is 17.7 Å². The van der Waals surface area contributed by atoms with E-state index in [1.165, 1.54) is 4.90 Å². The van der Waals surface area contributed by atoms with Crippen LogP contribution in [0.25, 0.3) is 0 Å². The second-order valence-corrected chi connectivity index (χ2v) is 9.17. The van der Waals surface area contributed by atoms with Gasteiger partial charge in [0.15, 0.2) is 0 Å². The number of ether oxygens (including phenoxy) is 2. The number of hydrogen-bond acceptors (Lipinski definition) is 6. The van der Waals surface area contributed by atoms with Crippen LogP contribution in [0.5, 0.6) is 11.5 Å². The van der Waals surface area contributed by atoms with Crippen LogP contribution in [0.2, 0.25) is 0 Å². The molecule has 2 heterocycles. The zero-order valence-electron chi connectivity index (χ0n) is 21.1. The first kappa shape index (κ1) is 28.4. The molecule has 0 aromatic heterocycles. The fourth-order valence-electron chi connectivity index (χ4n) is 4.62. The molecule has 0 radical (unpaired) electrons. The average molecular weight is 531 g/mol. The van der Waals surface area contributed by atoms with Crippen molar-refractivity contribution in [3.8, 4) is 11.5 Å². The third-order valence-electron chi connectivity index (χ3n) is 6.53. The van der Waals surface area contributed by atoms with Crippen LogP contribution in [0.4, 0.5) is 0 Å². The fourth-order valence-corrected chi connectivity index (χ4v) is 4.62. The molecule has 2 aromatic carbocycles. The largest absolute Gasteiger partial charge is 0.457 e. The number of carbonyl (C=O) groups is 3. The van der Waals surface area contributed by atoms with Crippen molar-refractivity contribution in [3.05, 3.63) is 59.7 Å². The summed E-state index contributed by atoms with van der Waals surface area (Å²) in [6.45, 7) is 3.68. The Morgan fingerprint density at radius 2 is 1.81 bits per heavy atom. The van der Waals surface area contributed by atoms with E-state index in [-0.39, 0.29) is 62.2 Å². The van der Waals surface area contributed by atoms with Crippen molar-refractivity contribution in [2.75, 3.05) is 32.7 Å². The number of nitrogens with one attached hydrogen (secondary N) is 1. The Morgan fingerprint density at radius 3 is 2.51 bits per heavy atom. The molecule has 1 fully saturated rings. The molecule has 0 saturated carbocycles. The van der Waals surface area contributed by atoms with E-state index in [0.717, 1.165) is 11.1 Å². The van der Waals surface area contributed by atoms with Gasteiger partial charge in [-0.2, -0.15) is 0 Å². The van der Waals surface area contributed by atoms with Crippen molar-refractivity contribution >= 4 is 30.1 Å². The number of nitrogens with two attached hydrogens (primary N) is 1. The van der Waals surface area contributed by atoms with Crippen molar-refractivity contribution in [1.82, 2.24) is 15.1 Å². The number of likely N-dealkylation sites (tertiary alicyclic amines) is 1. The molecule has 0 spiro atoms. The summed E-state index contributed by atoms with van der Waals surface area (Å²) in [5.41, 5.74) is 7.32. The highest BCUT2D eigenvalue weighted by Gasteiger charge is 2.33. The van der Waals surface area contributed by atoms with Gasteiger partial charge in [0, 0.05) is 32.6 Å². The van der Waals surface area contributed by atoms with Gasteiger partial charge < -0.3 is 30.3 Å². The minimum absolute atomic E-state index is 0. The van der Waals surface area contributed by atoms with Gasteiger partial charge in [0.25, 0.3) is 0 Å². The molecule has 4 bridgehead atoms. The molecule has 1 saturated heterocycles. The molecule has 37 heavy (non-hydrogen) atoms. The van der Waals surface area contributed by atoms with Crippen LogP contribution in [-0.2, 0) is 32.1 Å². The predicted molar refractivity (Wildman–Crippen MR) is 142 cm³/mol. The van der Waals surface area contributed by atoms with E-state index >= 15 is 0 Å². The summed E-state index contributed by atoms with van der Waals surface area (Å²) >= 11 is 0. The van der Waals surface area contributed by atoms with Crippen LogP contribution in [0.15, 0.2) is 48.5 Å². The Kier molecular flexibility index (Phi) is 10.3. The highest BCUT2D eigenvalue weighted by molar-refractivity contribution is 5.86. The van der Waals surface area contributed by atoms with Crippen molar-refractivity contribution in [2.45, 2.75) is 44.9 Å². The standard InChI is InChI=1S/C27H34N4O5.ClH/c1-2-30-17-25(32)29-23-16-31(26(33)9-11-28)12-10-24(23)35-18-20-6-4-8-22(14-20)36-21-7-3-5-19(13-21)15-27(30)34;/h3-8,13-14,23-24H,2,9-12,15-18,28H2,1H3,(H,29,32);1H/t23-,24-;/m0./s1. The zero-order chi connectivity index (χ0) is 25.5. The molecule has 2 aromatic rings. The highest BCUT2D eigenvalue weighted by Crippen LogP contribution is 2.25. The monoisotopic (exact) mass is 530 g/mol. The van der Waals surface area contributed by atoms with Gasteiger partial charge in [-0.1, -0.05) is 24.3 Å². The maximum Gasteiger partial charge on any atom is 0.239 e. The Hall–Kier alpha value is -3.14. The maximum absolute atomic E-state index is 13.0. The summed E-state index contributed by atoms with van der Waals surface area (Å²) in [4.78, 5) is 41.7. The minimum Gasteiger partial charge on any atom is -0.457 e. The van der Waals surface area contributed by atoms with Gasteiger partial charge in [-0.25, -0.2) is 0 Å². The molecule has 2 aliphatic heterocycles. The van der Waals surface area contributed by atoms with E-state index in [0.29, 0.717) is 44.2 Å². The smallest absolute Gasteiger partial charge is 0.239 e. The van der Waals surface area contributed by atoms with Crippen LogP contribution < -0.4 is 15.8 Å². The summed E-state index contributed by atoms with van der Waals surface area (Å²) < 4.78 is 12.3. The molecule has 2 atom stereocenters. The molecule has 2 aliphatic rings. The van der Waals surface area contributed by atoms with E-state index < -0.39 is 6.04 Å². The number of hydrogen-bond donors (Lipinski definition) is 2. The quantitative estimate of drug-likeness (QED) is 0.629. The first-order chi connectivity index (χ1) is 17.4. The Labute approximate surface area is 223 Å². The number of benzene rings is 2. The molecule has 9 nitrogen and oxygen atoms in total. The third kappa shape index (κ3) is 7.67. The lowest BCUT2D eigenvalue weighted by Crippen LogP contribution is -2.58. The molecule has 3 amide bonds. The van der Waals surface area contributed by atoms with Crippen LogP contribution in [0.1, 0.15) is 30.9 Å². The molecule has 3 N–H and O–H groups in total. The molecule has 10 heteroatoms. The lowest BCUT2D eigenvalue weighted by molar-refractivity contribution is -0.139.